The molecule has 3 aromatic carbocycles. The van der Waals surface area contributed by atoms with Crippen molar-refractivity contribution >= 4 is 57.7 Å². The summed E-state index contributed by atoms with van der Waals surface area (Å²) in [7, 11) is 1.29. The van der Waals surface area contributed by atoms with E-state index in [-0.39, 0.29) is 24.8 Å². The zero-order chi connectivity index (χ0) is 25.7. The minimum Gasteiger partial charge on any atom is -0.465 e. The number of rotatable bonds is 6. The lowest BCUT2D eigenvalue weighted by atomic mass is 10.2. The average Bonchev–Trinajstić information content (AvgIpc) is 2.88. The van der Waals surface area contributed by atoms with Gasteiger partial charge in [-0.2, -0.15) is 0 Å². The Balaban J connectivity index is 1.55. The highest BCUT2D eigenvalue weighted by Crippen LogP contribution is 2.31. The second kappa shape index (κ2) is 11.4. The van der Waals surface area contributed by atoms with Gasteiger partial charge in [-0.15, -0.1) is 0 Å². The first-order valence-corrected chi connectivity index (χ1v) is 12.1. The Kier molecular flexibility index (Phi) is 8.02. The summed E-state index contributed by atoms with van der Waals surface area (Å²) in [6.45, 7) is 0.242. The van der Waals surface area contributed by atoms with Crippen LogP contribution in [0, 0.1) is 5.82 Å². The number of hydrogen-bond donors (Lipinski definition) is 1. The van der Waals surface area contributed by atoms with Gasteiger partial charge < -0.3 is 10.1 Å². The van der Waals surface area contributed by atoms with Gasteiger partial charge in [0.1, 0.15) is 11.1 Å². The van der Waals surface area contributed by atoms with Gasteiger partial charge in [0.15, 0.2) is 5.17 Å². The second-order valence-electron chi connectivity index (χ2n) is 7.85. The number of esters is 1. The summed E-state index contributed by atoms with van der Waals surface area (Å²) in [5.74, 6) is -1.54. The molecule has 184 valence electrons. The molecular weight excluding hydrogens is 505 g/mol. The van der Waals surface area contributed by atoms with E-state index < -0.39 is 17.0 Å². The molecule has 36 heavy (non-hydrogen) atoms. The van der Waals surface area contributed by atoms with E-state index in [1.807, 2.05) is 12.1 Å². The molecule has 1 saturated heterocycles. The number of thioether (sulfide) groups is 1. The molecule has 1 atom stereocenters. The van der Waals surface area contributed by atoms with Gasteiger partial charge >= 0.3 is 5.97 Å². The van der Waals surface area contributed by atoms with Crippen molar-refractivity contribution in [3.05, 3.63) is 94.8 Å². The van der Waals surface area contributed by atoms with Crippen LogP contribution in [-0.4, -0.2) is 40.2 Å². The summed E-state index contributed by atoms with van der Waals surface area (Å²) in [5, 5.41) is 2.95. The molecule has 0 spiro atoms. The standard InChI is InChI=1S/C26H21ClFN3O4S/c1-35-25(34)17-4-10-20(11-5-17)29-24(33)22-14-23(32)31(15-16-2-6-18(27)7-3-16)26(36-22)30-21-12-8-19(28)9-13-21/h2-13,22H,14-15H2,1H3,(H,29,33). The predicted molar refractivity (Wildman–Crippen MR) is 138 cm³/mol. The van der Waals surface area contributed by atoms with Crippen molar-refractivity contribution in [1.29, 1.82) is 0 Å². The summed E-state index contributed by atoms with van der Waals surface area (Å²) in [5.41, 5.74) is 2.12. The Morgan fingerprint density at radius 2 is 1.75 bits per heavy atom. The monoisotopic (exact) mass is 525 g/mol. The van der Waals surface area contributed by atoms with Gasteiger partial charge in [0.25, 0.3) is 0 Å². The Morgan fingerprint density at radius 3 is 2.39 bits per heavy atom. The Morgan fingerprint density at radius 1 is 1.08 bits per heavy atom. The van der Waals surface area contributed by atoms with E-state index in [2.05, 4.69) is 15.0 Å². The first kappa shape index (κ1) is 25.4. The molecule has 1 N–H and O–H groups in total. The van der Waals surface area contributed by atoms with Gasteiger partial charge in [-0.25, -0.2) is 14.2 Å². The molecule has 0 saturated carbocycles. The van der Waals surface area contributed by atoms with Gasteiger partial charge in [0.2, 0.25) is 11.8 Å². The SMILES string of the molecule is COC(=O)c1ccc(NC(=O)C2CC(=O)N(Cc3ccc(Cl)cc3)C(=Nc3ccc(F)cc3)S2)cc1. The predicted octanol–water partition coefficient (Wildman–Crippen LogP) is 5.43. The highest BCUT2D eigenvalue weighted by molar-refractivity contribution is 8.15. The Hall–Kier alpha value is -3.69. The summed E-state index contributed by atoms with van der Waals surface area (Å²) in [6.07, 6.45) is -0.0349. The molecule has 3 aromatic rings. The fourth-order valence-corrected chi connectivity index (χ4v) is 4.65. The molecular formula is C26H21ClFN3O4S. The molecule has 7 nitrogen and oxygen atoms in total. The number of amidine groups is 1. The maximum Gasteiger partial charge on any atom is 0.337 e. The maximum absolute atomic E-state index is 13.4. The number of hydrogen-bond acceptors (Lipinski definition) is 6. The molecule has 1 unspecified atom stereocenters. The zero-order valence-corrected chi connectivity index (χ0v) is 20.7. The minimum absolute atomic E-state index is 0.0349. The highest BCUT2D eigenvalue weighted by Gasteiger charge is 2.36. The van der Waals surface area contributed by atoms with Crippen LogP contribution in [0.2, 0.25) is 5.02 Å². The third-order valence-electron chi connectivity index (χ3n) is 5.31. The molecule has 0 bridgehead atoms. The third-order valence-corrected chi connectivity index (χ3v) is 6.75. The van der Waals surface area contributed by atoms with Crippen LogP contribution in [0.15, 0.2) is 77.8 Å². The van der Waals surface area contributed by atoms with E-state index in [9.17, 15) is 18.8 Å². The van der Waals surface area contributed by atoms with Crippen LogP contribution in [0.5, 0.6) is 0 Å². The van der Waals surface area contributed by atoms with Gasteiger partial charge in [-0.3, -0.25) is 14.5 Å². The molecule has 2 amide bonds. The molecule has 4 rings (SSSR count). The van der Waals surface area contributed by atoms with E-state index in [1.54, 1.807) is 24.3 Å². The van der Waals surface area contributed by atoms with E-state index in [0.29, 0.717) is 27.1 Å². The van der Waals surface area contributed by atoms with Crippen LogP contribution in [0.4, 0.5) is 15.8 Å². The molecule has 1 aliphatic heterocycles. The summed E-state index contributed by atoms with van der Waals surface area (Å²) >= 11 is 7.13. The number of anilines is 1. The van der Waals surface area contributed by atoms with Gasteiger partial charge in [-0.1, -0.05) is 35.5 Å². The van der Waals surface area contributed by atoms with Gasteiger partial charge in [-0.05, 0) is 66.2 Å². The van der Waals surface area contributed by atoms with Crippen molar-refractivity contribution < 1.29 is 23.5 Å². The zero-order valence-electron chi connectivity index (χ0n) is 19.1. The van der Waals surface area contributed by atoms with Crippen molar-refractivity contribution in [2.24, 2.45) is 4.99 Å². The Bertz CT molecular complexity index is 1300. The van der Waals surface area contributed by atoms with Gasteiger partial charge in [0.05, 0.1) is 24.9 Å². The van der Waals surface area contributed by atoms with Crippen LogP contribution in [0.25, 0.3) is 0 Å². The minimum atomic E-state index is -0.738. The molecule has 0 aromatic heterocycles. The molecule has 1 heterocycles. The van der Waals surface area contributed by atoms with Crippen molar-refractivity contribution in [3.8, 4) is 0 Å². The first-order valence-electron chi connectivity index (χ1n) is 10.9. The fourth-order valence-electron chi connectivity index (χ4n) is 3.43. The number of benzene rings is 3. The molecule has 0 radical (unpaired) electrons. The highest BCUT2D eigenvalue weighted by atomic mass is 35.5. The Labute approximate surface area is 216 Å². The van der Waals surface area contributed by atoms with Crippen molar-refractivity contribution in [3.63, 3.8) is 0 Å². The van der Waals surface area contributed by atoms with Crippen LogP contribution in [0.3, 0.4) is 0 Å². The number of nitrogens with one attached hydrogen (secondary N) is 1. The number of ether oxygens (including phenoxy) is 1. The number of carbonyl (C=O) groups is 3. The van der Waals surface area contributed by atoms with Crippen molar-refractivity contribution in [2.75, 3.05) is 12.4 Å². The lowest BCUT2D eigenvalue weighted by molar-refractivity contribution is -0.129. The molecule has 10 heteroatoms. The summed E-state index contributed by atoms with van der Waals surface area (Å²) in [6, 6.07) is 18.9. The van der Waals surface area contributed by atoms with Crippen LogP contribution >= 0.6 is 23.4 Å². The van der Waals surface area contributed by atoms with Crippen LogP contribution < -0.4 is 5.32 Å². The number of nitrogens with zero attached hydrogens (tertiary/aromatic N) is 2. The van der Waals surface area contributed by atoms with Crippen LogP contribution in [0.1, 0.15) is 22.3 Å². The topological polar surface area (TPSA) is 88.1 Å². The summed E-state index contributed by atoms with van der Waals surface area (Å²) < 4.78 is 18.1. The average molecular weight is 526 g/mol. The number of methoxy groups -OCH3 is 1. The number of amides is 2. The normalized spacial score (nSPS) is 16.6. The molecule has 1 aliphatic rings. The van der Waals surface area contributed by atoms with Crippen LogP contribution in [-0.2, 0) is 20.9 Å². The number of halogens is 2. The van der Waals surface area contributed by atoms with E-state index in [1.165, 1.54) is 48.4 Å². The van der Waals surface area contributed by atoms with Gasteiger partial charge in [0, 0.05) is 17.1 Å². The summed E-state index contributed by atoms with van der Waals surface area (Å²) in [4.78, 5) is 43.8. The quantitative estimate of drug-likeness (QED) is 0.434. The number of aliphatic imine (C=N–C) groups is 1. The third kappa shape index (κ3) is 6.30. The van der Waals surface area contributed by atoms with E-state index in [0.717, 1.165) is 17.3 Å². The lowest BCUT2D eigenvalue weighted by Crippen LogP contribution is -2.44. The second-order valence-corrected chi connectivity index (χ2v) is 9.45. The maximum atomic E-state index is 13.4. The molecule has 1 fully saturated rings. The largest absolute Gasteiger partial charge is 0.465 e. The van der Waals surface area contributed by atoms with Crippen molar-refractivity contribution in [1.82, 2.24) is 4.90 Å². The van der Waals surface area contributed by atoms with E-state index >= 15 is 0 Å². The fraction of sp³-hybridized carbons (Fsp3) is 0.154. The number of carbonyl (C=O) groups excluding carboxylic acids is 3. The first-order chi connectivity index (χ1) is 17.3. The molecule has 0 aliphatic carbocycles. The lowest BCUT2D eigenvalue weighted by Gasteiger charge is -2.32. The van der Waals surface area contributed by atoms with Crippen molar-refractivity contribution in [2.45, 2.75) is 18.2 Å². The smallest absolute Gasteiger partial charge is 0.337 e. The van der Waals surface area contributed by atoms with E-state index in [4.69, 9.17) is 11.6 Å².